The molecule has 25 heavy (non-hydrogen) atoms. The van der Waals surface area contributed by atoms with Crippen LogP contribution in [0, 0.1) is 13.8 Å². The third kappa shape index (κ3) is 2.35. The maximum Gasteiger partial charge on any atom is 0.273 e. The number of nitrogens with zero attached hydrogens (tertiary/aromatic N) is 4. The summed E-state index contributed by atoms with van der Waals surface area (Å²) in [5.74, 6) is 0. The number of aromatic nitrogens is 4. The minimum Gasteiger partial charge on any atom is -0.236 e. The Kier molecular flexibility index (Phi) is 3.47. The molecule has 126 valence electrons. The maximum atomic E-state index is 13.3. The summed E-state index contributed by atoms with van der Waals surface area (Å²) in [6, 6.07) is 16.6. The summed E-state index contributed by atoms with van der Waals surface area (Å²) in [5, 5.41) is 4.44. The van der Waals surface area contributed by atoms with Gasteiger partial charge in [0, 0.05) is 0 Å². The number of imidazole rings is 1. The van der Waals surface area contributed by atoms with Gasteiger partial charge in [-0.3, -0.25) is 0 Å². The monoisotopic (exact) mass is 352 g/mol. The third-order valence-electron chi connectivity index (χ3n) is 4.16. The summed E-state index contributed by atoms with van der Waals surface area (Å²) in [5.41, 5.74) is 3.03. The molecule has 4 rings (SSSR count). The lowest BCUT2D eigenvalue weighted by molar-refractivity contribution is 0.587. The van der Waals surface area contributed by atoms with E-state index in [0.717, 1.165) is 5.69 Å². The van der Waals surface area contributed by atoms with Crippen molar-refractivity contribution in [2.45, 2.75) is 18.7 Å². The lowest BCUT2D eigenvalue weighted by Gasteiger charge is -2.08. The molecule has 0 radical (unpaired) electrons. The number of rotatable bonds is 3. The van der Waals surface area contributed by atoms with Crippen molar-refractivity contribution in [3.8, 4) is 5.69 Å². The molecule has 0 N–H and O–H groups in total. The first-order chi connectivity index (χ1) is 12.0. The van der Waals surface area contributed by atoms with Crippen LogP contribution in [0.1, 0.15) is 11.4 Å². The normalized spacial score (nSPS) is 11.9. The topological polar surface area (TPSA) is 69.8 Å². The van der Waals surface area contributed by atoms with E-state index in [4.69, 9.17) is 0 Å². The van der Waals surface area contributed by atoms with Gasteiger partial charge >= 0.3 is 0 Å². The lowest BCUT2D eigenvalue weighted by Crippen LogP contribution is -2.14. The number of aryl methyl sites for hydroxylation is 1. The Bertz CT molecular complexity index is 1170. The molecule has 0 saturated carbocycles. The Morgan fingerprint density at radius 1 is 0.920 bits per heavy atom. The molecule has 4 aromatic rings. The number of benzene rings is 2. The van der Waals surface area contributed by atoms with E-state index in [1.54, 1.807) is 36.7 Å². The highest BCUT2D eigenvalue weighted by molar-refractivity contribution is 7.90. The first-order valence-electron chi connectivity index (χ1n) is 7.79. The van der Waals surface area contributed by atoms with Crippen LogP contribution in [0.5, 0.6) is 0 Å². The van der Waals surface area contributed by atoms with Crippen LogP contribution in [-0.2, 0) is 10.0 Å². The molecule has 2 aromatic carbocycles. The van der Waals surface area contributed by atoms with Crippen LogP contribution in [-0.4, -0.2) is 27.2 Å². The zero-order valence-electron chi connectivity index (χ0n) is 13.8. The zero-order valence-corrected chi connectivity index (χ0v) is 14.6. The van der Waals surface area contributed by atoms with Crippen LogP contribution in [0.2, 0.25) is 0 Å². The van der Waals surface area contributed by atoms with Crippen molar-refractivity contribution in [3.63, 3.8) is 0 Å². The van der Waals surface area contributed by atoms with E-state index in [1.165, 1.54) is 10.3 Å². The van der Waals surface area contributed by atoms with Gasteiger partial charge in [0.2, 0.25) is 0 Å². The van der Waals surface area contributed by atoms with Crippen LogP contribution < -0.4 is 0 Å². The first kappa shape index (κ1) is 15.6. The highest BCUT2D eigenvalue weighted by Gasteiger charge is 2.28. The van der Waals surface area contributed by atoms with Gasteiger partial charge in [-0.1, -0.05) is 30.3 Å². The predicted molar refractivity (Wildman–Crippen MR) is 95.4 cm³/mol. The number of hydrogen-bond donors (Lipinski definition) is 0. The molecule has 0 aliphatic heterocycles. The van der Waals surface area contributed by atoms with Crippen molar-refractivity contribution in [2.75, 3.05) is 0 Å². The Labute approximate surface area is 145 Å². The van der Waals surface area contributed by atoms with Crippen LogP contribution in [0.4, 0.5) is 0 Å². The van der Waals surface area contributed by atoms with Gasteiger partial charge < -0.3 is 0 Å². The van der Waals surface area contributed by atoms with E-state index in [9.17, 15) is 8.42 Å². The smallest absolute Gasteiger partial charge is 0.236 e. The van der Waals surface area contributed by atoms with Gasteiger partial charge in [0.15, 0.2) is 0 Å². The fourth-order valence-electron chi connectivity index (χ4n) is 3.05. The van der Waals surface area contributed by atoms with Crippen LogP contribution in [0.25, 0.3) is 16.7 Å². The molecule has 0 bridgehead atoms. The van der Waals surface area contributed by atoms with E-state index in [1.807, 2.05) is 36.4 Å². The Balaban J connectivity index is 1.94. The van der Waals surface area contributed by atoms with E-state index in [-0.39, 0.29) is 4.90 Å². The van der Waals surface area contributed by atoms with Gasteiger partial charge in [-0.2, -0.15) is 5.10 Å². The third-order valence-corrected chi connectivity index (χ3v) is 6.08. The molecule has 0 unspecified atom stereocenters. The van der Waals surface area contributed by atoms with Gasteiger partial charge in [0.1, 0.15) is 11.2 Å². The van der Waals surface area contributed by atoms with E-state index in [2.05, 4.69) is 10.1 Å². The first-order valence-corrected chi connectivity index (χ1v) is 9.23. The van der Waals surface area contributed by atoms with Crippen molar-refractivity contribution in [1.82, 2.24) is 18.7 Å². The maximum absolute atomic E-state index is 13.3. The average molecular weight is 352 g/mol. The summed E-state index contributed by atoms with van der Waals surface area (Å²) in [7, 11) is -3.80. The molecule has 0 saturated heterocycles. The van der Waals surface area contributed by atoms with E-state index >= 15 is 0 Å². The summed E-state index contributed by atoms with van der Waals surface area (Å²) < 4.78 is 29.4. The zero-order chi connectivity index (χ0) is 17.6. The molecule has 0 aliphatic carbocycles. The summed E-state index contributed by atoms with van der Waals surface area (Å²) >= 11 is 0. The summed E-state index contributed by atoms with van der Waals surface area (Å²) in [4.78, 5) is 4.40. The standard InChI is InChI=1S/C18H16N4O2S/c1-13-18(14(2)22(20-13)15-8-4-3-5-9-15)25(23,24)21-12-19-16-10-6-7-11-17(16)21/h3-12H,1-2H3. The Morgan fingerprint density at radius 3 is 2.36 bits per heavy atom. The molecular formula is C18H16N4O2S. The van der Waals surface area contributed by atoms with Crippen LogP contribution in [0.3, 0.4) is 0 Å². The number of para-hydroxylation sites is 3. The largest absolute Gasteiger partial charge is 0.273 e. The van der Waals surface area contributed by atoms with Gasteiger partial charge in [-0.05, 0) is 38.1 Å². The van der Waals surface area contributed by atoms with Crippen molar-refractivity contribution >= 4 is 21.1 Å². The second-order valence-electron chi connectivity index (χ2n) is 5.78. The van der Waals surface area contributed by atoms with Crippen molar-refractivity contribution in [3.05, 3.63) is 72.3 Å². The molecule has 0 atom stereocenters. The van der Waals surface area contributed by atoms with Crippen molar-refractivity contribution < 1.29 is 8.42 Å². The lowest BCUT2D eigenvalue weighted by atomic mass is 10.3. The fourth-order valence-corrected chi connectivity index (χ4v) is 4.70. The van der Waals surface area contributed by atoms with Crippen molar-refractivity contribution in [2.24, 2.45) is 0 Å². The highest BCUT2D eigenvalue weighted by Crippen LogP contribution is 2.26. The molecular weight excluding hydrogens is 336 g/mol. The average Bonchev–Trinajstić information content (AvgIpc) is 3.17. The quantitative estimate of drug-likeness (QED) is 0.568. The number of fused-ring (bicyclic) bond motifs is 1. The molecule has 0 aliphatic rings. The molecule has 2 heterocycles. The molecule has 2 aromatic heterocycles. The minimum absolute atomic E-state index is 0.208. The second-order valence-corrected chi connectivity index (χ2v) is 7.53. The summed E-state index contributed by atoms with van der Waals surface area (Å²) in [6.45, 7) is 3.47. The van der Waals surface area contributed by atoms with Gasteiger partial charge in [-0.25, -0.2) is 22.1 Å². The number of hydrogen-bond acceptors (Lipinski definition) is 4. The SMILES string of the molecule is Cc1nn(-c2ccccc2)c(C)c1S(=O)(=O)n1cnc2ccccc21. The van der Waals surface area contributed by atoms with Gasteiger partial charge in [0.05, 0.1) is 28.1 Å². The van der Waals surface area contributed by atoms with E-state index < -0.39 is 10.0 Å². The second kappa shape index (κ2) is 5.56. The molecule has 0 fully saturated rings. The summed E-state index contributed by atoms with van der Waals surface area (Å²) in [6.07, 6.45) is 1.35. The van der Waals surface area contributed by atoms with Gasteiger partial charge in [0.25, 0.3) is 10.0 Å². The predicted octanol–water partition coefficient (Wildman–Crippen LogP) is 3.08. The highest BCUT2D eigenvalue weighted by atomic mass is 32.2. The Morgan fingerprint density at radius 2 is 1.60 bits per heavy atom. The van der Waals surface area contributed by atoms with E-state index in [0.29, 0.717) is 22.4 Å². The van der Waals surface area contributed by atoms with Crippen LogP contribution >= 0.6 is 0 Å². The minimum atomic E-state index is -3.80. The van der Waals surface area contributed by atoms with Crippen LogP contribution in [0.15, 0.2) is 65.8 Å². The molecule has 6 nitrogen and oxygen atoms in total. The van der Waals surface area contributed by atoms with Crippen molar-refractivity contribution in [1.29, 1.82) is 0 Å². The Hall–Kier alpha value is -2.93. The molecule has 0 spiro atoms. The fraction of sp³-hybridized carbons (Fsp3) is 0.111. The van der Waals surface area contributed by atoms with Gasteiger partial charge in [-0.15, -0.1) is 0 Å². The molecule has 0 amide bonds. The molecule has 7 heteroatoms.